The molecular formula is C21H23N3O2. The minimum atomic E-state index is -0.443. The van der Waals surface area contributed by atoms with E-state index in [9.17, 15) is 4.79 Å². The number of nitrogens with one attached hydrogen (secondary N) is 1. The van der Waals surface area contributed by atoms with E-state index in [1.165, 1.54) is 16.7 Å². The van der Waals surface area contributed by atoms with E-state index in [1.54, 1.807) is 0 Å². The number of fused-ring (bicyclic) bond motifs is 2. The van der Waals surface area contributed by atoms with E-state index >= 15 is 0 Å². The zero-order chi connectivity index (χ0) is 18.3. The summed E-state index contributed by atoms with van der Waals surface area (Å²) < 4.78 is 7.95. The Bertz CT molecular complexity index is 990. The van der Waals surface area contributed by atoms with Gasteiger partial charge in [0.25, 0.3) is 5.91 Å². The van der Waals surface area contributed by atoms with Crippen LogP contribution in [-0.2, 0) is 24.8 Å². The van der Waals surface area contributed by atoms with Gasteiger partial charge in [-0.25, -0.2) is 4.98 Å². The molecule has 0 bridgehead atoms. The molecule has 2 aromatic carbocycles. The van der Waals surface area contributed by atoms with Gasteiger partial charge in [0.05, 0.1) is 17.6 Å². The standard InChI is InChI=1S/C21H23N3O2/c1-13-7-9-17-15(11-13)8-10-18(26-17)21(25)22-12-19-23-16-6-4-5-14(2)20(16)24(19)3/h4-7,9,11,18H,8,10,12H2,1-3H3,(H,22,25). The van der Waals surface area contributed by atoms with Gasteiger partial charge < -0.3 is 14.6 Å². The highest BCUT2D eigenvalue weighted by atomic mass is 16.5. The third kappa shape index (κ3) is 2.94. The molecule has 5 heteroatoms. The Labute approximate surface area is 153 Å². The van der Waals surface area contributed by atoms with Gasteiger partial charge in [0.1, 0.15) is 11.6 Å². The normalized spacial score (nSPS) is 16.2. The second-order valence-corrected chi connectivity index (χ2v) is 7.00. The number of aryl methyl sites for hydroxylation is 4. The van der Waals surface area contributed by atoms with Crippen LogP contribution in [-0.4, -0.2) is 21.6 Å². The van der Waals surface area contributed by atoms with Crippen molar-refractivity contribution in [2.75, 3.05) is 0 Å². The first-order valence-electron chi connectivity index (χ1n) is 8.98. The number of rotatable bonds is 3. The van der Waals surface area contributed by atoms with Gasteiger partial charge in [-0.05, 0) is 49.9 Å². The largest absolute Gasteiger partial charge is 0.480 e. The summed E-state index contributed by atoms with van der Waals surface area (Å²) in [7, 11) is 1.99. The molecule has 1 amide bonds. The molecule has 4 rings (SSSR count). The first-order valence-corrected chi connectivity index (χ1v) is 8.98. The van der Waals surface area contributed by atoms with Crippen molar-refractivity contribution >= 4 is 16.9 Å². The maximum atomic E-state index is 12.6. The number of imidazole rings is 1. The molecule has 0 spiro atoms. The van der Waals surface area contributed by atoms with E-state index in [-0.39, 0.29) is 5.91 Å². The molecule has 1 N–H and O–H groups in total. The topological polar surface area (TPSA) is 56.2 Å². The summed E-state index contributed by atoms with van der Waals surface area (Å²) in [6.07, 6.45) is 1.12. The first-order chi connectivity index (χ1) is 12.5. The van der Waals surface area contributed by atoms with Crippen LogP contribution in [0.5, 0.6) is 5.75 Å². The van der Waals surface area contributed by atoms with Gasteiger partial charge in [-0.3, -0.25) is 4.79 Å². The van der Waals surface area contributed by atoms with Crippen LogP contribution in [0.4, 0.5) is 0 Å². The monoisotopic (exact) mass is 349 g/mol. The lowest BCUT2D eigenvalue weighted by Crippen LogP contribution is -2.40. The van der Waals surface area contributed by atoms with Crippen molar-refractivity contribution in [2.24, 2.45) is 7.05 Å². The molecule has 26 heavy (non-hydrogen) atoms. The number of amides is 1. The molecule has 1 unspecified atom stereocenters. The fourth-order valence-electron chi connectivity index (χ4n) is 3.65. The van der Waals surface area contributed by atoms with Crippen LogP contribution >= 0.6 is 0 Å². The third-order valence-electron chi connectivity index (χ3n) is 5.06. The lowest BCUT2D eigenvalue weighted by Gasteiger charge is -2.25. The third-order valence-corrected chi connectivity index (χ3v) is 5.06. The number of carbonyl (C=O) groups is 1. The SMILES string of the molecule is Cc1ccc2c(c1)CCC(C(=O)NCc1nc3cccc(C)c3n1C)O2. The first kappa shape index (κ1) is 16.6. The molecular weight excluding hydrogens is 326 g/mol. The summed E-state index contributed by atoms with van der Waals surface area (Å²) in [5.74, 6) is 1.58. The Hall–Kier alpha value is -2.82. The zero-order valence-electron chi connectivity index (χ0n) is 15.4. The average Bonchev–Trinajstić information content (AvgIpc) is 2.96. The van der Waals surface area contributed by atoms with Crippen molar-refractivity contribution in [1.82, 2.24) is 14.9 Å². The summed E-state index contributed by atoms with van der Waals surface area (Å²) in [5, 5.41) is 2.98. The summed E-state index contributed by atoms with van der Waals surface area (Å²) in [4.78, 5) is 17.2. The van der Waals surface area contributed by atoms with Crippen molar-refractivity contribution in [3.05, 3.63) is 58.9 Å². The number of hydrogen-bond acceptors (Lipinski definition) is 3. The number of carbonyl (C=O) groups excluding carboxylic acids is 1. The van der Waals surface area contributed by atoms with Crippen LogP contribution in [0.1, 0.15) is 28.9 Å². The molecule has 5 nitrogen and oxygen atoms in total. The van der Waals surface area contributed by atoms with E-state index in [0.29, 0.717) is 13.0 Å². The van der Waals surface area contributed by atoms with Crippen molar-refractivity contribution in [3.8, 4) is 5.75 Å². The zero-order valence-corrected chi connectivity index (χ0v) is 15.4. The summed E-state index contributed by atoms with van der Waals surface area (Å²) in [6.45, 7) is 4.53. The van der Waals surface area contributed by atoms with Gasteiger partial charge in [0.2, 0.25) is 0 Å². The van der Waals surface area contributed by atoms with Crippen LogP contribution in [0.2, 0.25) is 0 Å². The van der Waals surface area contributed by atoms with Crippen LogP contribution < -0.4 is 10.1 Å². The maximum absolute atomic E-state index is 12.6. The number of ether oxygens (including phenoxy) is 1. The Balaban J connectivity index is 1.46. The molecule has 1 aliphatic heterocycles. The molecule has 2 heterocycles. The highest BCUT2D eigenvalue weighted by Crippen LogP contribution is 2.28. The summed E-state index contributed by atoms with van der Waals surface area (Å²) in [5.41, 5.74) is 5.63. The lowest BCUT2D eigenvalue weighted by atomic mass is 10.00. The van der Waals surface area contributed by atoms with Crippen molar-refractivity contribution < 1.29 is 9.53 Å². The Morgan fingerprint density at radius 1 is 1.31 bits per heavy atom. The fraction of sp³-hybridized carbons (Fsp3) is 0.333. The fourth-order valence-corrected chi connectivity index (χ4v) is 3.65. The summed E-state index contributed by atoms with van der Waals surface area (Å²) in [6, 6.07) is 12.2. The molecule has 0 aliphatic carbocycles. The number of hydrogen-bond donors (Lipinski definition) is 1. The van der Waals surface area contributed by atoms with Crippen LogP contribution in [0.3, 0.4) is 0 Å². The smallest absolute Gasteiger partial charge is 0.261 e. The number of benzene rings is 2. The Kier molecular flexibility index (Phi) is 4.15. The number of nitrogens with zero attached hydrogens (tertiary/aromatic N) is 2. The molecule has 1 atom stereocenters. The minimum absolute atomic E-state index is 0.0833. The molecule has 0 radical (unpaired) electrons. The van der Waals surface area contributed by atoms with Crippen LogP contribution in [0, 0.1) is 13.8 Å². The maximum Gasteiger partial charge on any atom is 0.261 e. The number of aromatic nitrogens is 2. The molecule has 0 saturated heterocycles. The number of para-hydroxylation sites is 1. The van der Waals surface area contributed by atoms with Crippen molar-refractivity contribution in [2.45, 2.75) is 39.3 Å². The highest BCUT2D eigenvalue weighted by molar-refractivity contribution is 5.82. The van der Waals surface area contributed by atoms with Gasteiger partial charge in [0, 0.05) is 7.05 Å². The van der Waals surface area contributed by atoms with Gasteiger partial charge in [-0.1, -0.05) is 29.8 Å². The molecule has 0 saturated carbocycles. The van der Waals surface area contributed by atoms with E-state index in [4.69, 9.17) is 4.74 Å². The van der Waals surface area contributed by atoms with Crippen molar-refractivity contribution in [3.63, 3.8) is 0 Å². The molecule has 0 fully saturated rings. The second-order valence-electron chi connectivity index (χ2n) is 7.00. The second kappa shape index (κ2) is 6.48. The predicted molar refractivity (Wildman–Crippen MR) is 101 cm³/mol. The Morgan fingerprint density at radius 2 is 2.15 bits per heavy atom. The lowest BCUT2D eigenvalue weighted by molar-refractivity contribution is -0.128. The van der Waals surface area contributed by atoms with Crippen LogP contribution in [0.25, 0.3) is 11.0 Å². The quantitative estimate of drug-likeness (QED) is 0.790. The average molecular weight is 349 g/mol. The molecule has 3 aromatic rings. The minimum Gasteiger partial charge on any atom is -0.480 e. The molecule has 134 valence electrons. The molecule has 1 aliphatic rings. The van der Waals surface area contributed by atoms with Crippen molar-refractivity contribution in [1.29, 1.82) is 0 Å². The van der Waals surface area contributed by atoms with E-state index in [0.717, 1.165) is 29.0 Å². The van der Waals surface area contributed by atoms with E-state index < -0.39 is 6.10 Å². The van der Waals surface area contributed by atoms with Gasteiger partial charge in [0.15, 0.2) is 6.10 Å². The van der Waals surface area contributed by atoms with Crippen LogP contribution in [0.15, 0.2) is 36.4 Å². The molecule has 1 aromatic heterocycles. The highest BCUT2D eigenvalue weighted by Gasteiger charge is 2.26. The van der Waals surface area contributed by atoms with E-state index in [1.807, 2.05) is 35.9 Å². The van der Waals surface area contributed by atoms with E-state index in [2.05, 4.69) is 36.3 Å². The van der Waals surface area contributed by atoms with Gasteiger partial charge in [-0.15, -0.1) is 0 Å². The van der Waals surface area contributed by atoms with Gasteiger partial charge in [-0.2, -0.15) is 0 Å². The summed E-state index contributed by atoms with van der Waals surface area (Å²) >= 11 is 0. The van der Waals surface area contributed by atoms with Gasteiger partial charge >= 0.3 is 0 Å². The Morgan fingerprint density at radius 3 is 2.96 bits per heavy atom. The predicted octanol–water partition coefficient (Wildman–Crippen LogP) is 3.20.